The number of hydrogen-bond acceptors (Lipinski definition) is 2. The second-order valence-electron chi connectivity index (χ2n) is 2.24. The number of aromatic amines is 1. The molecule has 0 bridgehead atoms. The Morgan fingerprint density at radius 3 is 2.73 bits per heavy atom. The van der Waals surface area contributed by atoms with E-state index >= 15 is 0 Å². The van der Waals surface area contributed by atoms with Crippen molar-refractivity contribution in [3.8, 4) is 0 Å². The highest BCUT2D eigenvalue weighted by Gasteiger charge is 2.06. The lowest BCUT2D eigenvalue weighted by Gasteiger charge is -1.86. The molecule has 11 heavy (non-hydrogen) atoms. The van der Waals surface area contributed by atoms with Gasteiger partial charge in [-0.2, -0.15) is 0 Å². The first-order chi connectivity index (χ1) is 5.15. The van der Waals surface area contributed by atoms with Gasteiger partial charge in [-0.05, 0) is 22.0 Å². The Balaban J connectivity index is 3.05. The largest absolute Gasteiger partial charge is 0.392 e. The van der Waals surface area contributed by atoms with Crippen molar-refractivity contribution in [2.24, 2.45) is 0 Å². The van der Waals surface area contributed by atoms with Crippen molar-refractivity contribution in [1.82, 2.24) is 4.98 Å². The van der Waals surface area contributed by atoms with E-state index < -0.39 is 0 Å². The quantitative estimate of drug-likeness (QED) is 0.738. The standard InChI is InChI=1S/C7H8BrNO2/c1-4(11)6-2-5(3-10)7(8)9-6/h2,9-10H,3H2,1H3. The van der Waals surface area contributed by atoms with Crippen LogP contribution in [0.5, 0.6) is 0 Å². The molecule has 0 radical (unpaired) electrons. The maximum Gasteiger partial charge on any atom is 0.175 e. The lowest BCUT2D eigenvalue weighted by atomic mass is 10.3. The number of nitrogens with one attached hydrogen (secondary N) is 1. The smallest absolute Gasteiger partial charge is 0.175 e. The Kier molecular flexibility index (Phi) is 2.46. The summed E-state index contributed by atoms with van der Waals surface area (Å²) >= 11 is 3.18. The highest BCUT2D eigenvalue weighted by molar-refractivity contribution is 9.10. The molecular formula is C7H8BrNO2. The summed E-state index contributed by atoms with van der Waals surface area (Å²) in [6, 6.07) is 1.63. The molecule has 1 aromatic rings. The van der Waals surface area contributed by atoms with E-state index in [1.54, 1.807) is 6.07 Å². The van der Waals surface area contributed by atoms with Crippen molar-refractivity contribution in [2.75, 3.05) is 0 Å². The van der Waals surface area contributed by atoms with E-state index in [0.717, 1.165) is 0 Å². The van der Waals surface area contributed by atoms with Gasteiger partial charge in [0.1, 0.15) is 0 Å². The van der Waals surface area contributed by atoms with Crippen LogP contribution in [-0.4, -0.2) is 15.9 Å². The molecule has 0 atom stereocenters. The van der Waals surface area contributed by atoms with E-state index in [1.807, 2.05) is 0 Å². The van der Waals surface area contributed by atoms with E-state index in [-0.39, 0.29) is 12.4 Å². The van der Waals surface area contributed by atoms with Crippen LogP contribution in [0.4, 0.5) is 0 Å². The van der Waals surface area contributed by atoms with Crippen LogP contribution < -0.4 is 0 Å². The van der Waals surface area contributed by atoms with Gasteiger partial charge in [0.15, 0.2) is 5.78 Å². The summed E-state index contributed by atoms with van der Waals surface area (Å²) in [6.07, 6.45) is 0. The van der Waals surface area contributed by atoms with Crippen LogP contribution in [0.25, 0.3) is 0 Å². The van der Waals surface area contributed by atoms with Crippen molar-refractivity contribution in [2.45, 2.75) is 13.5 Å². The number of aliphatic hydroxyl groups is 1. The van der Waals surface area contributed by atoms with Crippen LogP contribution in [0.3, 0.4) is 0 Å². The van der Waals surface area contributed by atoms with Crippen molar-refractivity contribution in [3.63, 3.8) is 0 Å². The normalized spacial score (nSPS) is 10.1. The highest BCUT2D eigenvalue weighted by Crippen LogP contribution is 2.17. The predicted octanol–water partition coefficient (Wildman–Crippen LogP) is 1.47. The number of H-pyrrole nitrogens is 1. The minimum absolute atomic E-state index is 0.0367. The molecule has 1 heterocycles. The molecule has 4 heteroatoms. The van der Waals surface area contributed by atoms with Crippen molar-refractivity contribution >= 4 is 21.7 Å². The summed E-state index contributed by atoms with van der Waals surface area (Å²) in [4.78, 5) is 13.6. The number of ketones is 1. The zero-order valence-electron chi connectivity index (χ0n) is 6.02. The van der Waals surface area contributed by atoms with Crippen LogP contribution in [0, 0.1) is 0 Å². The minimum Gasteiger partial charge on any atom is -0.392 e. The van der Waals surface area contributed by atoms with E-state index in [9.17, 15) is 4.79 Å². The molecule has 1 aromatic heterocycles. The lowest BCUT2D eigenvalue weighted by molar-refractivity contribution is 0.101. The Morgan fingerprint density at radius 1 is 1.82 bits per heavy atom. The first-order valence-corrected chi connectivity index (χ1v) is 3.93. The molecule has 0 saturated carbocycles. The van der Waals surface area contributed by atoms with Gasteiger partial charge in [-0.15, -0.1) is 0 Å². The molecular weight excluding hydrogens is 210 g/mol. The maximum absolute atomic E-state index is 10.8. The molecule has 0 unspecified atom stereocenters. The van der Waals surface area contributed by atoms with Gasteiger partial charge in [0.05, 0.1) is 16.9 Å². The van der Waals surface area contributed by atoms with E-state index in [2.05, 4.69) is 20.9 Å². The van der Waals surface area contributed by atoms with Crippen molar-refractivity contribution in [3.05, 3.63) is 21.9 Å². The zero-order valence-corrected chi connectivity index (χ0v) is 7.60. The summed E-state index contributed by atoms with van der Waals surface area (Å²) in [7, 11) is 0. The molecule has 60 valence electrons. The van der Waals surface area contributed by atoms with Crippen molar-refractivity contribution < 1.29 is 9.90 Å². The van der Waals surface area contributed by atoms with Crippen molar-refractivity contribution in [1.29, 1.82) is 0 Å². The number of aromatic nitrogens is 1. The van der Waals surface area contributed by atoms with Crippen LogP contribution in [-0.2, 0) is 6.61 Å². The summed E-state index contributed by atoms with van der Waals surface area (Å²) in [5.74, 6) is -0.0367. The highest BCUT2D eigenvalue weighted by atomic mass is 79.9. The predicted molar refractivity (Wildman–Crippen MR) is 44.4 cm³/mol. The van der Waals surface area contributed by atoms with Gasteiger partial charge in [0.25, 0.3) is 0 Å². The fraction of sp³-hybridized carbons (Fsp3) is 0.286. The second-order valence-corrected chi connectivity index (χ2v) is 3.03. The van der Waals surface area contributed by atoms with Crippen LogP contribution >= 0.6 is 15.9 Å². The van der Waals surface area contributed by atoms with Gasteiger partial charge in [-0.25, -0.2) is 0 Å². The third-order valence-electron chi connectivity index (χ3n) is 1.39. The van der Waals surface area contributed by atoms with Gasteiger partial charge in [0, 0.05) is 12.5 Å². The average Bonchev–Trinajstić information content (AvgIpc) is 2.31. The van der Waals surface area contributed by atoms with Crippen LogP contribution in [0.2, 0.25) is 0 Å². The Morgan fingerprint density at radius 2 is 2.45 bits per heavy atom. The summed E-state index contributed by atoms with van der Waals surface area (Å²) in [5.41, 5.74) is 1.22. The number of aliphatic hydroxyl groups excluding tert-OH is 1. The Hall–Kier alpha value is -0.610. The third-order valence-corrected chi connectivity index (χ3v) is 2.10. The molecule has 1 rings (SSSR count). The molecule has 0 amide bonds. The van der Waals surface area contributed by atoms with Gasteiger partial charge >= 0.3 is 0 Å². The topological polar surface area (TPSA) is 53.1 Å². The fourth-order valence-electron chi connectivity index (χ4n) is 0.777. The maximum atomic E-state index is 10.8. The molecule has 0 aliphatic rings. The molecule has 0 aromatic carbocycles. The molecule has 0 aliphatic carbocycles. The van der Waals surface area contributed by atoms with E-state index in [0.29, 0.717) is 15.9 Å². The average molecular weight is 218 g/mol. The molecule has 0 fully saturated rings. The van der Waals surface area contributed by atoms with Gasteiger partial charge < -0.3 is 10.1 Å². The minimum atomic E-state index is -0.0651. The second kappa shape index (κ2) is 3.19. The summed E-state index contributed by atoms with van der Waals surface area (Å²) in [5, 5.41) is 8.75. The fourth-order valence-corrected chi connectivity index (χ4v) is 1.23. The third kappa shape index (κ3) is 1.70. The lowest BCUT2D eigenvalue weighted by Crippen LogP contribution is -1.90. The van der Waals surface area contributed by atoms with Gasteiger partial charge in [-0.1, -0.05) is 0 Å². The number of halogens is 1. The Labute approximate surface area is 72.6 Å². The number of carbonyl (C=O) groups excluding carboxylic acids is 1. The zero-order chi connectivity index (χ0) is 8.43. The molecule has 0 saturated heterocycles. The Bertz CT molecular complexity index is 280. The first-order valence-electron chi connectivity index (χ1n) is 3.14. The number of carbonyl (C=O) groups is 1. The molecule has 3 nitrogen and oxygen atoms in total. The number of rotatable bonds is 2. The van der Waals surface area contributed by atoms with E-state index in [1.165, 1.54) is 6.92 Å². The number of hydrogen-bond donors (Lipinski definition) is 2. The first kappa shape index (κ1) is 8.49. The van der Waals surface area contributed by atoms with Gasteiger partial charge in [-0.3, -0.25) is 4.79 Å². The molecule has 2 N–H and O–H groups in total. The van der Waals surface area contributed by atoms with E-state index in [4.69, 9.17) is 5.11 Å². The monoisotopic (exact) mass is 217 g/mol. The number of Topliss-reactive ketones (excluding diaryl/α,β-unsaturated/α-hetero) is 1. The molecule has 0 aliphatic heterocycles. The molecule has 0 spiro atoms. The van der Waals surface area contributed by atoms with Gasteiger partial charge in [0.2, 0.25) is 0 Å². The van der Waals surface area contributed by atoms with Crippen LogP contribution in [0.15, 0.2) is 10.7 Å². The summed E-state index contributed by atoms with van der Waals surface area (Å²) in [6.45, 7) is 1.41. The summed E-state index contributed by atoms with van der Waals surface area (Å²) < 4.78 is 0.671. The SMILES string of the molecule is CC(=O)c1cc(CO)c(Br)[nH]1. The van der Waals surface area contributed by atoms with Crippen LogP contribution in [0.1, 0.15) is 23.0 Å².